The maximum atomic E-state index is 3.57. The zero-order valence-electron chi connectivity index (χ0n) is 7.63. The van der Waals surface area contributed by atoms with Crippen molar-refractivity contribution in [1.82, 2.24) is 0 Å². The summed E-state index contributed by atoms with van der Waals surface area (Å²) < 4.78 is 1.17. The van der Waals surface area contributed by atoms with E-state index in [4.69, 9.17) is 0 Å². The summed E-state index contributed by atoms with van der Waals surface area (Å²) in [5.74, 6) is 0. The zero-order chi connectivity index (χ0) is 9.97. The van der Waals surface area contributed by atoms with Gasteiger partial charge < -0.3 is 0 Å². The van der Waals surface area contributed by atoms with Crippen molar-refractivity contribution >= 4 is 42.6 Å². The molecule has 0 atom stereocenters. The average molecular weight is 314 g/mol. The first-order valence-electron chi connectivity index (χ1n) is 4.55. The first kappa shape index (κ1) is 10.2. The molecule has 0 spiro atoms. The van der Waals surface area contributed by atoms with Crippen LogP contribution < -0.4 is 0 Å². The Morgan fingerprint density at radius 3 is 2.36 bits per heavy atom. The van der Waals surface area contributed by atoms with Crippen LogP contribution in [-0.4, -0.2) is 5.33 Å². The van der Waals surface area contributed by atoms with Crippen LogP contribution in [0.25, 0.3) is 10.8 Å². The van der Waals surface area contributed by atoms with Crippen LogP contribution in [0.5, 0.6) is 0 Å². The van der Waals surface area contributed by atoms with Crippen LogP contribution in [0.15, 0.2) is 40.9 Å². The van der Waals surface area contributed by atoms with Gasteiger partial charge in [0.05, 0.1) is 0 Å². The Hall–Kier alpha value is -0.340. The highest BCUT2D eigenvalue weighted by Crippen LogP contribution is 2.27. The van der Waals surface area contributed by atoms with Crippen LogP contribution >= 0.6 is 31.9 Å². The Morgan fingerprint density at radius 1 is 0.929 bits per heavy atom. The minimum atomic E-state index is 1.01. The van der Waals surface area contributed by atoms with Crippen LogP contribution in [0.1, 0.15) is 5.56 Å². The molecular weight excluding hydrogens is 304 g/mol. The second kappa shape index (κ2) is 4.45. The number of benzene rings is 2. The van der Waals surface area contributed by atoms with Crippen molar-refractivity contribution in [3.05, 3.63) is 46.4 Å². The Kier molecular flexibility index (Phi) is 3.24. The zero-order valence-corrected chi connectivity index (χ0v) is 10.8. The fraction of sp³-hybridized carbons (Fsp3) is 0.167. The van der Waals surface area contributed by atoms with Crippen molar-refractivity contribution in [3.8, 4) is 0 Å². The molecule has 0 saturated heterocycles. The summed E-state index contributed by atoms with van der Waals surface area (Å²) in [6.07, 6.45) is 1.08. The van der Waals surface area contributed by atoms with E-state index in [2.05, 4.69) is 68.3 Å². The molecule has 0 radical (unpaired) electrons. The van der Waals surface area contributed by atoms with E-state index < -0.39 is 0 Å². The Labute approximate surface area is 101 Å². The summed E-state index contributed by atoms with van der Waals surface area (Å²) in [6, 6.07) is 12.8. The highest BCUT2D eigenvalue weighted by atomic mass is 79.9. The van der Waals surface area contributed by atoms with Gasteiger partial charge >= 0.3 is 0 Å². The molecule has 2 aromatic carbocycles. The number of hydrogen-bond acceptors (Lipinski definition) is 0. The van der Waals surface area contributed by atoms with Gasteiger partial charge in [-0.3, -0.25) is 0 Å². The summed E-state index contributed by atoms with van der Waals surface area (Å²) in [5.41, 5.74) is 1.40. The van der Waals surface area contributed by atoms with E-state index in [9.17, 15) is 0 Å². The Bertz CT molecular complexity index is 449. The molecule has 0 unspecified atom stereocenters. The van der Waals surface area contributed by atoms with Crippen LogP contribution in [-0.2, 0) is 6.42 Å². The minimum Gasteiger partial charge on any atom is -0.0924 e. The number of fused-ring (bicyclic) bond motifs is 1. The molecule has 0 amide bonds. The Balaban J connectivity index is 2.68. The lowest BCUT2D eigenvalue weighted by Gasteiger charge is -2.06. The predicted molar refractivity (Wildman–Crippen MR) is 69.1 cm³/mol. The molecule has 0 aliphatic carbocycles. The molecule has 72 valence electrons. The van der Waals surface area contributed by atoms with E-state index in [0.29, 0.717) is 0 Å². The van der Waals surface area contributed by atoms with Crippen LogP contribution in [0.2, 0.25) is 0 Å². The third-order valence-electron chi connectivity index (χ3n) is 2.32. The first-order valence-corrected chi connectivity index (χ1v) is 6.46. The van der Waals surface area contributed by atoms with E-state index in [1.165, 1.54) is 20.8 Å². The Morgan fingerprint density at radius 2 is 1.64 bits per heavy atom. The van der Waals surface area contributed by atoms with Gasteiger partial charge in [-0.1, -0.05) is 62.2 Å². The third kappa shape index (κ3) is 1.86. The fourth-order valence-corrected chi connectivity index (χ4v) is 2.55. The maximum absolute atomic E-state index is 3.57. The van der Waals surface area contributed by atoms with Gasteiger partial charge in [-0.05, 0) is 28.8 Å². The molecule has 0 fully saturated rings. The van der Waals surface area contributed by atoms with Crippen molar-refractivity contribution < 1.29 is 0 Å². The van der Waals surface area contributed by atoms with E-state index in [0.717, 1.165) is 11.8 Å². The molecule has 2 aromatic rings. The monoisotopic (exact) mass is 312 g/mol. The van der Waals surface area contributed by atoms with Gasteiger partial charge in [0.15, 0.2) is 0 Å². The van der Waals surface area contributed by atoms with Crippen LogP contribution in [0.4, 0.5) is 0 Å². The van der Waals surface area contributed by atoms with E-state index in [1.807, 2.05) is 0 Å². The molecule has 2 heteroatoms. The van der Waals surface area contributed by atoms with Crippen LogP contribution in [0.3, 0.4) is 0 Å². The number of hydrogen-bond donors (Lipinski definition) is 0. The van der Waals surface area contributed by atoms with Gasteiger partial charge in [0.1, 0.15) is 0 Å². The van der Waals surface area contributed by atoms with Gasteiger partial charge in [-0.25, -0.2) is 0 Å². The second-order valence-electron chi connectivity index (χ2n) is 3.19. The highest BCUT2D eigenvalue weighted by molar-refractivity contribution is 9.10. The molecule has 0 N–H and O–H groups in total. The summed E-state index contributed by atoms with van der Waals surface area (Å²) >= 11 is 7.05. The second-order valence-corrected chi connectivity index (χ2v) is 4.84. The molecule has 0 aliphatic rings. The molecular formula is C12H10Br2. The lowest BCUT2D eigenvalue weighted by Crippen LogP contribution is -1.88. The molecule has 0 aromatic heterocycles. The quantitative estimate of drug-likeness (QED) is 0.714. The number of aryl methyl sites for hydroxylation is 1. The largest absolute Gasteiger partial charge is 0.0924 e. The standard InChI is InChI=1S/C12H10Br2/c13-8-7-9-5-6-12(14)11-4-2-1-3-10(9)11/h1-6H,7-8H2. The lowest BCUT2D eigenvalue weighted by atomic mass is 10.0. The molecule has 0 heterocycles. The molecule has 0 nitrogen and oxygen atoms in total. The normalized spacial score (nSPS) is 10.7. The molecule has 0 bridgehead atoms. The van der Waals surface area contributed by atoms with Crippen molar-refractivity contribution in [1.29, 1.82) is 0 Å². The molecule has 2 rings (SSSR count). The average Bonchev–Trinajstić information content (AvgIpc) is 2.23. The van der Waals surface area contributed by atoms with E-state index in [1.54, 1.807) is 0 Å². The summed E-state index contributed by atoms with van der Waals surface area (Å²) in [4.78, 5) is 0. The smallest absolute Gasteiger partial charge is 0.0253 e. The predicted octanol–water partition coefficient (Wildman–Crippen LogP) is 4.54. The first-order chi connectivity index (χ1) is 6.83. The van der Waals surface area contributed by atoms with Crippen molar-refractivity contribution in [2.24, 2.45) is 0 Å². The highest BCUT2D eigenvalue weighted by Gasteiger charge is 2.02. The number of alkyl halides is 1. The van der Waals surface area contributed by atoms with Crippen molar-refractivity contribution in [2.75, 3.05) is 5.33 Å². The minimum absolute atomic E-state index is 1.01. The van der Waals surface area contributed by atoms with Gasteiger partial charge in [0.25, 0.3) is 0 Å². The number of halogens is 2. The molecule has 0 aliphatic heterocycles. The van der Waals surface area contributed by atoms with E-state index >= 15 is 0 Å². The molecule has 0 saturated carbocycles. The molecule has 14 heavy (non-hydrogen) atoms. The van der Waals surface area contributed by atoms with E-state index in [-0.39, 0.29) is 0 Å². The van der Waals surface area contributed by atoms with Gasteiger partial charge in [0, 0.05) is 9.80 Å². The summed E-state index contributed by atoms with van der Waals surface area (Å²) in [6.45, 7) is 0. The van der Waals surface area contributed by atoms with Crippen molar-refractivity contribution in [2.45, 2.75) is 6.42 Å². The third-order valence-corrected chi connectivity index (χ3v) is 3.41. The summed E-state index contributed by atoms with van der Waals surface area (Å²) in [7, 11) is 0. The SMILES string of the molecule is BrCCc1ccc(Br)c2ccccc12. The van der Waals surface area contributed by atoms with Crippen LogP contribution in [0, 0.1) is 0 Å². The fourth-order valence-electron chi connectivity index (χ4n) is 1.64. The summed E-state index contributed by atoms with van der Waals surface area (Å²) in [5, 5.41) is 3.66. The lowest BCUT2D eigenvalue weighted by molar-refractivity contribution is 1.19. The topological polar surface area (TPSA) is 0 Å². The van der Waals surface area contributed by atoms with Crippen molar-refractivity contribution in [3.63, 3.8) is 0 Å². The maximum Gasteiger partial charge on any atom is 0.0253 e. The number of rotatable bonds is 2. The van der Waals surface area contributed by atoms with Gasteiger partial charge in [-0.2, -0.15) is 0 Å². The van der Waals surface area contributed by atoms with Gasteiger partial charge in [0.2, 0.25) is 0 Å². The van der Waals surface area contributed by atoms with Gasteiger partial charge in [-0.15, -0.1) is 0 Å².